The van der Waals surface area contributed by atoms with Crippen LogP contribution in [0.1, 0.15) is 44.2 Å². The highest BCUT2D eigenvalue weighted by atomic mass is 16.5. The van der Waals surface area contributed by atoms with Crippen molar-refractivity contribution in [3.05, 3.63) is 34.2 Å². The molecule has 3 rings (SSSR count). The van der Waals surface area contributed by atoms with E-state index in [2.05, 4.69) is 4.98 Å². The second-order valence-corrected chi connectivity index (χ2v) is 5.86. The number of aromatic nitrogens is 2. The Balaban J connectivity index is 1.84. The molecule has 0 saturated heterocycles. The Morgan fingerprint density at radius 2 is 2.00 bits per heavy atom. The van der Waals surface area contributed by atoms with E-state index >= 15 is 0 Å². The summed E-state index contributed by atoms with van der Waals surface area (Å²) < 4.78 is 7.12. The summed E-state index contributed by atoms with van der Waals surface area (Å²) in [6, 6.07) is 6.20. The number of ether oxygens (including phenoxy) is 1. The van der Waals surface area contributed by atoms with E-state index in [4.69, 9.17) is 4.74 Å². The number of hydrogen-bond donors (Lipinski definition) is 1. The van der Waals surface area contributed by atoms with Crippen molar-refractivity contribution in [2.45, 2.75) is 51.7 Å². The fourth-order valence-electron chi connectivity index (χ4n) is 3.26. The lowest BCUT2D eigenvalue weighted by Crippen LogP contribution is -2.29. The zero-order chi connectivity index (χ0) is 15.0. The van der Waals surface area contributed by atoms with Gasteiger partial charge in [-0.05, 0) is 50.3 Å². The molecule has 1 aromatic heterocycles. The van der Waals surface area contributed by atoms with E-state index in [1.165, 1.54) is 6.92 Å². The monoisotopic (exact) mass is 288 g/mol. The molecular formula is C16H20N2O3. The molecule has 5 heteroatoms. The lowest BCUT2D eigenvalue weighted by molar-refractivity contribution is -0.148. The summed E-state index contributed by atoms with van der Waals surface area (Å²) in [6.07, 6.45) is 3.35. The number of nitrogens with zero attached hydrogens (tertiary/aromatic N) is 1. The second kappa shape index (κ2) is 5.39. The fraction of sp³-hybridized carbons (Fsp3) is 0.500. The van der Waals surface area contributed by atoms with Crippen molar-refractivity contribution in [3.8, 4) is 0 Å². The van der Waals surface area contributed by atoms with Gasteiger partial charge in [0.25, 0.3) is 0 Å². The molecule has 21 heavy (non-hydrogen) atoms. The van der Waals surface area contributed by atoms with Crippen LogP contribution < -0.4 is 5.69 Å². The summed E-state index contributed by atoms with van der Waals surface area (Å²) in [4.78, 5) is 26.2. The van der Waals surface area contributed by atoms with Gasteiger partial charge in [0.15, 0.2) is 0 Å². The predicted molar refractivity (Wildman–Crippen MR) is 80.4 cm³/mol. The largest absolute Gasteiger partial charge is 0.463 e. The summed E-state index contributed by atoms with van der Waals surface area (Å²) in [5, 5.41) is 0. The number of esters is 1. The van der Waals surface area contributed by atoms with Crippen molar-refractivity contribution in [2.24, 2.45) is 0 Å². The van der Waals surface area contributed by atoms with Crippen molar-refractivity contribution in [1.29, 1.82) is 0 Å². The van der Waals surface area contributed by atoms with Crippen LogP contribution in [-0.4, -0.2) is 21.6 Å². The number of aryl methyl sites for hydroxylation is 1. The summed E-state index contributed by atoms with van der Waals surface area (Å²) in [6.45, 7) is 3.46. The molecule has 1 saturated carbocycles. The average Bonchev–Trinajstić information content (AvgIpc) is 2.74. The van der Waals surface area contributed by atoms with Gasteiger partial charge < -0.3 is 9.72 Å². The standard InChI is InChI=1S/C16H20N2O3/c1-10-3-8-15-14(9-10)17-16(20)18(15)12-4-6-13(7-5-12)21-11(2)19/h3,8-9,12-13H,4-7H2,1-2H3,(H,17,20)/t12-,13-. The maximum Gasteiger partial charge on any atom is 0.326 e. The molecule has 1 heterocycles. The topological polar surface area (TPSA) is 64.1 Å². The Bertz CT molecular complexity index is 721. The molecule has 0 radical (unpaired) electrons. The first kappa shape index (κ1) is 13.9. The number of fused-ring (bicyclic) bond motifs is 1. The lowest BCUT2D eigenvalue weighted by Gasteiger charge is -2.28. The van der Waals surface area contributed by atoms with Crippen molar-refractivity contribution in [2.75, 3.05) is 0 Å². The molecule has 0 atom stereocenters. The van der Waals surface area contributed by atoms with Crippen LogP contribution in [0.5, 0.6) is 0 Å². The van der Waals surface area contributed by atoms with Crippen LogP contribution in [0.3, 0.4) is 0 Å². The van der Waals surface area contributed by atoms with Crippen molar-refractivity contribution in [1.82, 2.24) is 9.55 Å². The molecule has 2 aromatic rings. The van der Waals surface area contributed by atoms with Gasteiger partial charge in [0.2, 0.25) is 0 Å². The average molecular weight is 288 g/mol. The maximum absolute atomic E-state index is 12.2. The van der Waals surface area contributed by atoms with E-state index < -0.39 is 0 Å². The Hall–Kier alpha value is -2.04. The SMILES string of the molecule is CC(=O)O[C@H]1CC[C@H](n2c(=O)[nH]c3cc(C)ccc32)CC1. The summed E-state index contributed by atoms with van der Waals surface area (Å²) in [7, 11) is 0. The van der Waals surface area contributed by atoms with Crippen LogP contribution in [0.15, 0.2) is 23.0 Å². The van der Waals surface area contributed by atoms with Gasteiger partial charge in [-0.15, -0.1) is 0 Å². The number of aromatic amines is 1. The molecule has 0 amide bonds. The van der Waals surface area contributed by atoms with Crippen molar-refractivity contribution < 1.29 is 9.53 Å². The number of carbonyl (C=O) groups excluding carboxylic acids is 1. The predicted octanol–water partition coefficient (Wildman–Crippen LogP) is 2.68. The van der Waals surface area contributed by atoms with Crippen molar-refractivity contribution in [3.63, 3.8) is 0 Å². The number of nitrogens with one attached hydrogen (secondary N) is 1. The first-order valence-electron chi connectivity index (χ1n) is 7.42. The smallest absolute Gasteiger partial charge is 0.326 e. The third-order valence-electron chi connectivity index (χ3n) is 4.21. The van der Waals surface area contributed by atoms with Gasteiger partial charge in [0.05, 0.1) is 11.0 Å². The maximum atomic E-state index is 12.2. The number of imidazole rings is 1. The zero-order valence-electron chi connectivity index (χ0n) is 12.4. The quantitative estimate of drug-likeness (QED) is 0.864. The van der Waals surface area contributed by atoms with Crippen molar-refractivity contribution >= 4 is 17.0 Å². The molecule has 0 spiro atoms. The highest BCUT2D eigenvalue weighted by Crippen LogP contribution is 2.31. The van der Waals surface area contributed by atoms with E-state index in [9.17, 15) is 9.59 Å². The van der Waals surface area contributed by atoms with Gasteiger partial charge in [-0.25, -0.2) is 4.79 Å². The van der Waals surface area contributed by atoms with Gasteiger partial charge in [-0.1, -0.05) is 6.07 Å². The molecule has 1 N–H and O–H groups in total. The van der Waals surface area contributed by atoms with Crippen LogP contribution >= 0.6 is 0 Å². The number of rotatable bonds is 2. The molecule has 1 aliphatic rings. The summed E-state index contributed by atoms with van der Waals surface area (Å²) in [5.74, 6) is -0.224. The van der Waals surface area contributed by atoms with Gasteiger partial charge in [0, 0.05) is 13.0 Å². The molecule has 112 valence electrons. The highest BCUT2D eigenvalue weighted by molar-refractivity contribution is 5.76. The molecular weight excluding hydrogens is 268 g/mol. The summed E-state index contributed by atoms with van der Waals surface area (Å²) in [5.41, 5.74) is 2.93. The molecule has 1 aliphatic carbocycles. The van der Waals surface area contributed by atoms with E-state index in [0.717, 1.165) is 42.3 Å². The lowest BCUT2D eigenvalue weighted by atomic mass is 9.92. The minimum absolute atomic E-state index is 0.00176. The van der Waals surface area contributed by atoms with E-state index in [0.29, 0.717) is 0 Å². The van der Waals surface area contributed by atoms with Gasteiger partial charge >= 0.3 is 11.7 Å². The normalized spacial score (nSPS) is 22.4. The fourth-order valence-corrected chi connectivity index (χ4v) is 3.26. The second-order valence-electron chi connectivity index (χ2n) is 5.86. The molecule has 0 aliphatic heterocycles. The number of carbonyl (C=O) groups is 1. The van der Waals surface area contributed by atoms with E-state index in [1.807, 2.05) is 29.7 Å². The third-order valence-corrected chi connectivity index (χ3v) is 4.21. The number of hydrogen-bond acceptors (Lipinski definition) is 3. The third kappa shape index (κ3) is 2.73. The molecule has 1 fully saturated rings. The number of H-pyrrole nitrogens is 1. The minimum atomic E-state index is -0.224. The van der Waals surface area contributed by atoms with Gasteiger partial charge in [-0.2, -0.15) is 0 Å². The van der Waals surface area contributed by atoms with E-state index in [1.54, 1.807) is 0 Å². The number of benzene rings is 1. The van der Waals surface area contributed by atoms with Crippen LogP contribution in [0, 0.1) is 6.92 Å². The Labute approximate surface area is 122 Å². The summed E-state index contributed by atoms with van der Waals surface area (Å²) >= 11 is 0. The first-order valence-corrected chi connectivity index (χ1v) is 7.42. The molecule has 0 unspecified atom stereocenters. The zero-order valence-corrected chi connectivity index (χ0v) is 12.4. The highest BCUT2D eigenvalue weighted by Gasteiger charge is 2.26. The van der Waals surface area contributed by atoms with Crippen LogP contribution in [-0.2, 0) is 9.53 Å². The Morgan fingerprint density at radius 3 is 2.67 bits per heavy atom. The Morgan fingerprint density at radius 1 is 1.29 bits per heavy atom. The van der Waals surface area contributed by atoms with Gasteiger partial charge in [-0.3, -0.25) is 9.36 Å². The minimum Gasteiger partial charge on any atom is -0.463 e. The van der Waals surface area contributed by atoms with Crippen LogP contribution in [0.25, 0.3) is 11.0 Å². The molecule has 5 nitrogen and oxygen atoms in total. The van der Waals surface area contributed by atoms with Crippen LogP contribution in [0.4, 0.5) is 0 Å². The van der Waals surface area contributed by atoms with Gasteiger partial charge in [0.1, 0.15) is 6.10 Å². The first-order chi connectivity index (χ1) is 10.0. The Kier molecular flexibility index (Phi) is 3.57. The van der Waals surface area contributed by atoms with E-state index in [-0.39, 0.29) is 23.8 Å². The molecule has 1 aromatic carbocycles. The molecule has 0 bridgehead atoms. The van der Waals surface area contributed by atoms with Crippen LogP contribution in [0.2, 0.25) is 0 Å².